The number of alkyl halides is 3. The molecule has 0 N–H and O–H groups in total. The van der Waals surface area contributed by atoms with Crippen LogP contribution in [0.2, 0.25) is 0 Å². The first-order valence-electron chi connectivity index (χ1n) is 9.19. The number of benzene rings is 1. The van der Waals surface area contributed by atoms with E-state index in [1.807, 2.05) is 0 Å². The minimum absolute atomic E-state index is 0.0832. The summed E-state index contributed by atoms with van der Waals surface area (Å²) in [6, 6.07) is 1.97. The number of hydrogen-bond acceptors (Lipinski definition) is 2. The number of nitrogens with zero attached hydrogens (tertiary/aromatic N) is 3. The third kappa shape index (κ3) is 3.27. The van der Waals surface area contributed by atoms with Crippen LogP contribution in [0.1, 0.15) is 48.2 Å². The SMILES string of the molecule is O=C1CCCN1Cc1c(F)cc(-n2nc(C(F)(F)F)c3c2CCCC3)cc1F. The molecule has 1 fully saturated rings. The largest absolute Gasteiger partial charge is 0.435 e. The molecule has 2 heterocycles. The first-order chi connectivity index (χ1) is 13.3. The van der Waals surface area contributed by atoms with Crippen LogP contribution in [0.3, 0.4) is 0 Å². The number of likely N-dealkylation sites (tertiary alicyclic amines) is 1. The van der Waals surface area contributed by atoms with Gasteiger partial charge in [0.2, 0.25) is 5.91 Å². The molecule has 0 unspecified atom stereocenters. The van der Waals surface area contributed by atoms with Gasteiger partial charge in [0.15, 0.2) is 5.69 Å². The molecule has 2 aromatic rings. The van der Waals surface area contributed by atoms with Gasteiger partial charge in [0.05, 0.1) is 12.2 Å². The molecule has 1 aliphatic heterocycles. The zero-order valence-electron chi connectivity index (χ0n) is 15.0. The molecule has 28 heavy (non-hydrogen) atoms. The Bertz CT molecular complexity index is 911. The number of amides is 1. The number of carbonyl (C=O) groups excluding carboxylic acids is 1. The van der Waals surface area contributed by atoms with E-state index in [1.54, 1.807) is 0 Å². The van der Waals surface area contributed by atoms with Gasteiger partial charge in [-0.25, -0.2) is 13.5 Å². The van der Waals surface area contributed by atoms with Gasteiger partial charge in [-0.3, -0.25) is 4.79 Å². The van der Waals surface area contributed by atoms with E-state index in [9.17, 15) is 26.7 Å². The molecule has 4 nitrogen and oxygen atoms in total. The van der Waals surface area contributed by atoms with Crippen LogP contribution in [0.25, 0.3) is 5.69 Å². The second-order valence-electron chi connectivity index (χ2n) is 7.20. The number of rotatable bonds is 3. The van der Waals surface area contributed by atoms with E-state index in [2.05, 4.69) is 5.10 Å². The second-order valence-corrected chi connectivity index (χ2v) is 7.20. The van der Waals surface area contributed by atoms with Gasteiger partial charge in [-0.1, -0.05) is 0 Å². The Morgan fingerprint density at radius 1 is 1.00 bits per heavy atom. The fourth-order valence-electron chi connectivity index (χ4n) is 3.97. The molecular weight excluding hydrogens is 381 g/mol. The fourth-order valence-corrected chi connectivity index (χ4v) is 3.97. The number of hydrogen-bond donors (Lipinski definition) is 0. The summed E-state index contributed by atoms with van der Waals surface area (Å²) >= 11 is 0. The van der Waals surface area contributed by atoms with E-state index >= 15 is 0 Å². The summed E-state index contributed by atoms with van der Waals surface area (Å²) in [5, 5.41) is 3.65. The van der Waals surface area contributed by atoms with Crippen LogP contribution in [-0.4, -0.2) is 27.1 Å². The van der Waals surface area contributed by atoms with Crippen molar-refractivity contribution in [3.63, 3.8) is 0 Å². The van der Waals surface area contributed by atoms with Crippen molar-refractivity contribution in [2.75, 3.05) is 6.54 Å². The maximum absolute atomic E-state index is 14.6. The van der Waals surface area contributed by atoms with Crippen molar-refractivity contribution < 1.29 is 26.7 Å². The molecule has 1 aromatic heterocycles. The summed E-state index contributed by atoms with van der Waals surface area (Å²) in [5.74, 6) is -1.97. The van der Waals surface area contributed by atoms with Crippen molar-refractivity contribution in [2.24, 2.45) is 0 Å². The summed E-state index contributed by atoms with van der Waals surface area (Å²) in [5.41, 5.74) is -0.892. The molecule has 1 saturated heterocycles. The van der Waals surface area contributed by atoms with Crippen molar-refractivity contribution in [3.8, 4) is 5.69 Å². The highest BCUT2D eigenvalue weighted by Crippen LogP contribution is 2.37. The van der Waals surface area contributed by atoms with Gasteiger partial charge in [-0.15, -0.1) is 0 Å². The predicted octanol–water partition coefficient (Wildman–Crippen LogP) is 4.17. The van der Waals surface area contributed by atoms with Gasteiger partial charge >= 0.3 is 6.18 Å². The number of fused-ring (bicyclic) bond motifs is 1. The van der Waals surface area contributed by atoms with Crippen molar-refractivity contribution in [1.82, 2.24) is 14.7 Å². The minimum Gasteiger partial charge on any atom is -0.338 e. The summed E-state index contributed by atoms with van der Waals surface area (Å²) in [6.07, 6.45) is -1.72. The topological polar surface area (TPSA) is 38.1 Å². The third-order valence-corrected chi connectivity index (χ3v) is 5.34. The fraction of sp³-hybridized carbons (Fsp3) is 0.474. The lowest BCUT2D eigenvalue weighted by molar-refractivity contribution is -0.142. The Balaban J connectivity index is 1.74. The highest BCUT2D eigenvalue weighted by Gasteiger charge is 2.39. The van der Waals surface area contributed by atoms with E-state index in [-0.39, 0.29) is 35.7 Å². The van der Waals surface area contributed by atoms with Gasteiger partial charge < -0.3 is 4.90 Å². The highest BCUT2D eigenvalue weighted by molar-refractivity contribution is 5.78. The van der Waals surface area contributed by atoms with E-state index < -0.39 is 23.5 Å². The van der Waals surface area contributed by atoms with Crippen LogP contribution in [0.15, 0.2) is 12.1 Å². The lowest BCUT2D eigenvalue weighted by Gasteiger charge is -2.18. The lowest BCUT2D eigenvalue weighted by atomic mass is 9.95. The van der Waals surface area contributed by atoms with Crippen LogP contribution in [0.5, 0.6) is 0 Å². The zero-order chi connectivity index (χ0) is 20.1. The lowest BCUT2D eigenvalue weighted by Crippen LogP contribution is -2.25. The molecule has 1 aliphatic carbocycles. The molecule has 1 amide bonds. The van der Waals surface area contributed by atoms with Crippen LogP contribution in [-0.2, 0) is 30.4 Å². The Morgan fingerprint density at radius 3 is 2.29 bits per heavy atom. The standard InChI is InChI=1S/C19H18F5N3O/c20-14-8-11(9-15(21)13(14)10-26-7-3-6-17(26)28)27-16-5-2-1-4-12(16)18(25-27)19(22,23)24/h8-9H,1-7,10H2. The average molecular weight is 399 g/mol. The molecular formula is C19H18F5N3O. The van der Waals surface area contributed by atoms with Gasteiger partial charge in [0.1, 0.15) is 11.6 Å². The van der Waals surface area contributed by atoms with E-state index in [4.69, 9.17) is 0 Å². The number of aromatic nitrogens is 2. The molecule has 150 valence electrons. The Kier molecular flexibility index (Phi) is 4.63. The maximum Gasteiger partial charge on any atom is 0.435 e. The van der Waals surface area contributed by atoms with Crippen LogP contribution in [0.4, 0.5) is 22.0 Å². The van der Waals surface area contributed by atoms with Crippen molar-refractivity contribution >= 4 is 5.91 Å². The van der Waals surface area contributed by atoms with Gasteiger partial charge in [0.25, 0.3) is 0 Å². The molecule has 1 aromatic carbocycles. The Labute approximate surface area is 157 Å². The van der Waals surface area contributed by atoms with Crippen LogP contribution >= 0.6 is 0 Å². The number of halogens is 5. The Morgan fingerprint density at radius 2 is 1.68 bits per heavy atom. The summed E-state index contributed by atoms with van der Waals surface area (Å²) in [7, 11) is 0. The van der Waals surface area contributed by atoms with E-state index in [1.165, 1.54) is 4.90 Å². The summed E-state index contributed by atoms with van der Waals surface area (Å²) in [6.45, 7) is 0.239. The van der Waals surface area contributed by atoms with Crippen molar-refractivity contribution in [1.29, 1.82) is 0 Å². The normalized spacial score (nSPS) is 17.3. The smallest absolute Gasteiger partial charge is 0.338 e. The molecule has 2 aliphatic rings. The third-order valence-electron chi connectivity index (χ3n) is 5.34. The van der Waals surface area contributed by atoms with Gasteiger partial charge in [0, 0.05) is 41.9 Å². The second kappa shape index (κ2) is 6.86. The van der Waals surface area contributed by atoms with Gasteiger partial charge in [-0.2, -0.15) is 18.3 Å². The molecule has 0 spiro atoms. The maximum atomic E-state index is 14.6. The molecule has 0 radical (unpaired) electrons. The summed E-state index contributed by atoms with van der Waals surface area (Å²) < 4.78 is 70.2. The average Bonchev–Trinajstić information content (AvgIpc) is 3.21. The van der Waals surface area contributed by atoms with Crippen LogP contribution < -0.4 is 0 Å². The predicted molar refractivity (Wildman–Crippen MR) is 89.8 cm³/mol. The Hall–Kier alpha value is -2.45. The van der Waals surface area contributed by atoms with E-state index in [0.29, 0.717) is 44.3 Å². The zero-order valence-corrected chi connectivity index (χ0v) is 15.0. The van der Waals surface area contributed by atoms with Gasteiger partial charge in [-0.05, 0) is 32.1 Å². The summed E-state index contributed by atoms with van der Waals surface area (Å²) in [4.78, 5) is 13.1. The minimum atomic E-state index is -4.63. The molecule has 0 bridgehead atoms. The van der Waals surface area contributed by atoms with Crippen molar-refractivity contribution in [3.05, 3.63) is 46.3 Å². The molecule has 9 heteroatoms. The van der Waals surface area contributed by atoms with Crippen LogP contribution in [0, 0.1) is 11.6 Å². The number of carbonyl (C=O) groups is 1. The first-order valence-corrected chi connectivity index (χ1v) is 9.19. The highest BCUT2D eigenvalue weighted by atomic mass is 19.4. The molecule has 0 atom stereocenters. The first kappa shape index (κ1) is 18.9. The van der Waals surface area contributed by atoms with E-state index in [0.717, 1.165) is 16.8 Å². The molecule has 4 rings (SSSR count). The quantitative estimate of drug-likeness (QED) is 0.727. The van der Waals surface area contributed by atoms with Crippen molar-refractivity contribution in [2.45, 2.75) is 51.2 Å². The monoisotopic (exact) mass is 399 g/mol. The molecule has 0 saturated carbocycles.